The van der Waals surface area contributed by atoms with Crippen LogP contribution >= 0.6 is 0 Å². The predicted octanol–water partition coefficient (Wildman–Crippen LogP) is 13.4. The van der Waals surface area contributed by atoms with Crippen LogP contribution in [0.2, 0.25) is 0 Å². The Balaban J connectivity index is 1.11. The molecule has 59 heavy (non-hydrogen) atoms. The first-order valence-corrected chi connectivity index (χ1v) is 19.8. The molecule has 1 unspecified atom stereocenters. The van der Waals surface area contributed by atoms with Crippen molar-refractivity contribution in [3.63, 3.8) is 0 Å². The number of para-hydroxylation sites is 2. The molecule has 4 heterocycles. The van der Waals surface area contributed by atoms with Gasteiger partial charge in [-0.1, -0.05) is 146 Å². The van der Waals surface area contributed by atoms with E-state index in [0.29, 0.717) is 5.82 Å². The number of benzene rings is 7. The fourth-order valence-electron chi connectivity index (χ4n) is 9.16. The van der Waals surface area contributed by atoms with Crippen LogP contribution in [0, 0.1) is 0 Å². The summed E-state index contributed by atoms with van der Waals surface area (Å²) in [5.41, 5.74) is 14.3. The number of hydrogen-bond donors (Lipinski definition) is 0. The van der Waals surface area contributed by atoms with Crippen molar-refractivity contribution in [1.29, 1.82) is 0 Å². The molecule has 276 valence electrons. The molecule has 10 aromatic rings. The zero-order chi connectivity index (χ0) is 38.9. The fraction of sp³-hybridized carbons (Fsp3) is 0.0185. The largest absolute Gasteiger partial charge is 0.457 e. The maximum atomic E-state index is 6.90. The van der Waals surface area contributed by atoms with E-state index in [1.54, 1.807) is 6.20 Å². The third kappa shape index (κ3) is 5.22. The second-order valence-electron chi connectivity index (χ2n) is 15.2. The molecule has 12 rings (SSSR count). The lowest BCUT2D eigenvalue weighted by Crippen LogP contribution is -2.35. The molecule has 5 heteroatoms. The van der Waals surface area contributed by atoms with Gasteiger partial charge in [0.2, 0.25) is 0 Å². The normalized spacial score (nSPS) is 14.9. The molecule has 1 aliphatic carbocycles. The molecule has 1 aliphatic heterocycles. The molecule has 1 atom stereocenters. The van der Waals surface area contributed by atoms with E-state index in [9.17, 15) is 0 Å². The monoisotopic (exact) mass is 755 g/mol. The maximum Gasteiger partial charge on any atom is 0.160 e. The molecular formula is C54H33N3O2. The van der Waals surface area contributed by atoms with Gasteiger partial charge in [0.1, 0.15) is 22.7 Å². The van der Waals surface area contributed by atoms with Gasteiger partial charge in [-0.15, -0.1) is 0 Å². The number of ether oxygens (including phenoxy) is 1. The van der Waals surface area contributed by atoms with Crippen LogP contribution in [0.1, 0.15) is 33.4 Å². The highest BCUT2D eigenvalue weighted by atomic mass is 16.5. The zero-order valence-electron chi connectivity index (χ0n) is 31.7. The van der Waals surface area contributed by atoms with E-state index in [-0.39, 0.29) is 0 Å². The SMILES string of the molecule is C1=Cc2ccc(-c3cc(-c4ccccc4)nc(-c4ccc(-c5cccnc5)cc4)n3)cc2C2(c3ccccc31)c1ccccc1Oc1cc3c(cc12)oc1ccccc13. The van der Waals surface area contributed by atoms with Crippen LogP contribution in [0.3, 0.4) is 0 Å². The molecule has 0 saturated carbocycles. The van der Waals surface area contributed by atoms with Crippen molar-refractivity contribution in [2.75, 3.05) is 0 Å². The van der Waals surface area contributed by atoms with Gasteiger partial charge in [-0.25, -0.2) is 9.97 Å². The van der Waals surface area contributed by atoms with Crippen molar-refractivity contribution < 1.29 is 9.15 Å². The average molecular weight is 756 g/mol. The topological polar surface area (TPSA) is 61.0 Å². The molecule has 0 saturated heterocycles. The van der Waals surface area contributed by atoms with Gasteiger partial charge in [0.05, 0.1) is 16.8 Å². The summed E-state index contributed by atoms with van der Waals surface area (Å²) < 4.78 is 13.5. The Morgan fingerprint density at radius 3 is 1.95 bits per heavy atom. The first kappa shape index (κ1) is 33.3. The van der Waals surface area contributed by atoms with E-state index in [2.05, 4.69) is 169 Å². The van der Waals surface area contributed by atoms with Crippen LogP contribution in [0.15, 0.2) is 193 Å². The number of rotatable bonds is 4. The summed E-state index contributed by atoms with van der Waals surface area (Å²) in [7, 11) is 0. The van der Waals surface area contributed by atoms with Gasteiger partial charge in [0.15, 0.2) is 5.82 Å². The lowest BCUT2D eigenvalue weighted by Gasteiger charge is -2.42. The summed E-state index contributed by atoms with van der Waals surface area (Å²) in [6.07, 6.45) is 8.16. The Labute approximate surface area is 340 Å². The smallest absolute Gasteiger partial charge is 0.160 e. The van der Waals surface area contributed by atoms with Gasteiger partial charge < -0.3 is 9.15 Å². The van der Waals surface area contributed by atoms with Crippen LogP contribution in [-0.2, 0) is 5.41 Å². The minimum atomic E-state index is -0.775. The van der Waals surface area contributed by atoms with E-state index in [1.807, 2.05) is 30.5 Å². The van der Waals surface area contributed by atoms with Gasteiger partial charge in [0.25, 0.3) is 0 Å². The summed E-state index contributed by atoms with van der Waals surface area (Å²) in [5.74, 6) is 2.29. The van der Waals surface area contributed by atoms with Crippen LogP contribution < -0.4 is 4.74 Å². The first-order chi connectivity index (χ1) is 29.2. The van der Waals surface area contributed by atoms with Crippen LogP contribution in [-0.4, -0.2) is 15.0 Å². The maximum absolute atomic E-state index is 6.90. The van der Waals surface area contributed by atoms with Crippen molar-refractivity contribution in [2.45, 2.75) is 5.41 Å². The lowest BCUT2D eigenvalue weighted by atomic mass is 9.62. The number of nitrogens with zero attached hydrogens (tertiary/aromatic N) is 3. The Bertz CT molecular complexity index is 3300. The molecule has 0 bridgehead atoms. The van der Waals surface area contributed by atoms with Gasteiger partial charge in [-0.05, 0) is 75.8 Å². The van der Waals surface area contributed by atoms with Gasteiger partial charge in [-0.3, -0.25) is 4.98 Å². The molecule has 0 radical (unpaired) electrons. The second kappa shape index (κ2) is 13.1. The second-order valence-corrected chi connectivity index (χ2v) is 15.2. The van der Waals surface area contributed by atoms with E-state index >= 15 is 0 Å². The predicted molar refractivity (Wildman–Crippen MR) is 236 cm³/mol. The molecule has 0 amide bonds. The van der Waals surface area contributed by atoms with Crippen molar-refractivity contribution in [3.8, 4) is 56.5 Å². The Kier molecular flexibility index (Phi) is 7.38. The summed E-state index contributed by atoms with van der Waals surface area (Å²) in [6.45, 7) is 0. The minimum Gasteiger partial charge on any atom is -0.457 e. The van der Waals surface area contributed by atoms with Crippen LogP contribution in [0.4, 0.5) is 0 Å². The Morgan fingerprint density at radius 2 is 1.10 bits per heavy atom. The summed E-state index contributed by atoms with van der Waals surface area (Å²) in [4.78, 5) is 14.8. The van der Waals surface area contributed by atoms with Crippen molar-refractivity contribution in [2.24, 2.45) is 0 Å². The fourth-order valence-corrected chi connectivity index (χ4v) is 9.16. The summed E-state index contributed by atoms with van der Waals surface area (Å²) >= 11 is 0. The number of pyridine rings is 1. The standard InChI is InChI=1S/C54H33N3O2/c1-2-12-37(13-3-1)47-32-48(57-53(56-47)38-25-20-34(21-26-38)40-14-10-28-55-33-40)39-27-24-36-23-22-35-11-4-6-16-43(35)54(45(36)29-39)44-17-7-9-19-50(44)59-52-30-42-41-15-5-8-18-49(41)58-51(42)31-46(52)54/h1-33H. The van der Waals surface area contributed by atoms with Crippen LogP contribution in [0.5, 0.6) is 11.5 Å². The van der Waals surface area contributed by atoms with Gasteiger partial charge >= 0.3 is 0 Å². The summed E-state index contributed by atoms with van der Waals surface area (Å²) in [6, 6.07) is 61.4. The minimum absolute atomic E-state index is 0.656. The number of fused-ring (bicyclic) bond motifs is 11. The lowest BCUT2D eigenvalue weighted by molar-refractivity contribution is 0.435. The highest BCUT2D eigenvalue weighted by Gasteiger charge is 2.48. The Morgan fingerprint density at radius 1 is 0.407 bits per heavy atom. The average Bonchev–Trinajstić information content (AvgIpc) is 3.60. The van der Waals surface area contributed by atoms with Crippen LogP contribution in [0.25, 0.3) is 79.1 Å². The zero-order valence-corrected chi connectivity index (χ0v) is 31.7. The number of hydrogen-bond acceptors (Lipinski definition) is 5. The molecule has 0 N–H and O–H groups in total. The molecule has 0 fully saturated rings. The molecule has 3 aromatic heterocycles. The van der Waals surface area contributed by atoms with Crippen molar-refractivity contribution in [3.05, 3.63) is 222 Å². The van der Waals surface area contributed by atoms with E-state index in [4.69, 9.17) is 19.1 Å². The molecular weight excluding hydrogens is 723 g/mol. The number of furan rings is 1. The third-order valence-corrected chi connectivity index (χ3v) is 11.9. The van der Waals surface area contributed by atoms with Crippen molar-refractivity contribution in [1.82, 2.24) is 15.0 Å². The molecule has 1 spiro atoms. The van der Waals surface area contributed by atoms with Gasteiger partial charge in [0, 0.05) is 51.0 Å². The quantitative estimate of drug-likeness (QED) is 0.179. The van der Waals surface area contributed by atoms with Gasteiger partial charge in [-0.2, -0.15) is 0 Å². The molecule has 2 aliphatic rings. The van der Waals surface area contributed by atoms with E-state index in [0.717, 1.165) is 100 Å². The molecule has 5 nitrogen and oxygen atoms in total. The van der Waals surface area contributed by atoms with Crippen molar-refractivity contribution >= 4 is 34.1 Å². The highest BCUT2D eigenvalue weighted by Crippen LogP contribution is 2.59. The van der Waals surface area contributed by atoms with E-state index in [1.165, 1.54) is 5.56 Å². The summed E-state index contributed by atoms with van der Waals surface area (Å²) in [5, 5.41) is 2.09. The van der Waals surface area contributed by atoms with E-state index < -0.39 is 5.41 Å². The first-order valence-electron chi connectivity index (χ1n) is 19.8. The number of aromatic nitrogens is 3. The molecule has 7 aromatic carbocycles. The Hall–Kier alpha value is -7.89. The third-order valence-electron chi connectivity index (χ3n) is 11.9. The highest BCUT2D eigenvalue weighted by molar-refractivity contribution is 6.06.